The Labute approximate surface area is 174 Å². The number of carbonyl (C=O) groups is 3. The molecule has 0 fully saturated rings. The third kappa shape index (κ3) is 7.02. The second kappa shape index (κ2) is 11.7. The van der Waals surface area contributed by atoms with Gasteiger partial charge < -0.3 is 30.2 Å². The maximum absolute atomic E-state index is 12.3. The predicted molar refractivity (Wildman–Crippen MR) is 108 cm³/mol. The molecule has 30 heavy (non-hydrogen) atoms. The molecule has 0 aliphatic heterocycles. The zero-order chi connectivity index (χ0) is 21.9. The van der Waals surface area contributed by atoms with Gasteiger partial charge in [-0.3, -0.25) is 14.4 Å². The monoisotopic (exact) mass is 417 g/mol. The lowest BCUT2D eigenvalue weighted by molar-refractivity contribution is -0.152. The van der Waals surface area contributed by atoms with Crippen LogP contribution in [0.4, 0.5) is 0 Å². The van der Waals surface area contributed by atoms with E-state index in [0.717, 1.165) is 5.56 Å². The van der Waals surface area contributed by atoms with Gasteiger partial charge in [0.1, 0.15) is 6.26 Å². The topological polar surface area (TPSA) is 132 Å². The van der Waals surface area contributed by atoms with Crippen molar-refractivity contribution in [1.29, 1.82) is 0 Å². The minimum atomic E-state index is -1.88. The predicted octanol–water partition coefficient (Wildman–Crippen LogP) is -0.0614. The van der Waals surface area contributed by atoms with Crippen LogP contribution in [0.2, 0.25) is 0 Å². The van der Waals surface area contributed by atoms with Gasteiger partial charge in [-0.1, -0.05) is 30.3 Å². The number of hydrogen-bond donors (Lipinski definition) is 4. The number of aliphatic hydroxyl groups excluding tert-OH is 2. The first-order valence-electron chi connectivity index (χ1n) is 9.63. The van der Waals surface area contributed by atoms with Crippen molar-refractivity contribution >= 4 is 17.7 Å². The summed E-state index contributed by atoms with van der Waals surface area (Å²) in [4.78, 5) is 37.2. The van der Waals surface area contributed by atoms with E-state index in [1.807, 2.05) is 30.3 Å². The van der Waals surface area contributed by atoms with Crippen LogP contribution in [-0.2, 0) is 16.0 Å². The number of aliphatic hydroxyl groups is 2. The number of amides is 3. The Morgan fingerprint density at radius 1 is 1.03 bits per heavy atom. The average molecular weight is 417 g/mol. The van der Waals surface area contributed by atoms with E-state index in [2.05, 4.69) is 10.6 Å². The van der Waals surface area contributed by atoms with Crippen LogP contribution in [-0.4, -0.2) is 71.7 Å². The minimum Gasteiger partial charge on any atom is -0.472 e. The number of hydrogen-bond acceptors (Lipinski definition) is 6. The smallest absolute Gasteiger partial charge is 0.254 e. The standard InChI is InChI=1S/C21H27N3O6/c1-24(12-8-15-6-3-2-4-7-15)21(29)18(26)17(25)20(28)23-11-5-10-22-19(27)16-9-13-30-14-16/h2-4,6-7,9,13-14,17-18,25-26H,5,8,10-12H2,1H3,(H,22,27)(H,23,28)/t17-,18-/m1/s1. The fourth-order valence-electron chi connectivity index (χ4n) is 2.66. The van der Waals surface area contributed by atoms with Gasteiger partial charge in [-0.25, -0.2) is 0 Å². The van der Waals surface area contributed by atoms with Crippen molar-refractivity contribution in [3.05, 3.63) is 60.1 Å². The van der Waals surface area contributed by atoms with E-state index in [-0.39, 0.29) is 12.5 Å². The van der Waals surface area contributed by atoms with E-state index in [9.17, 15) is 24.6 Å². The molecule has 2 aromatic rings. The van der Waals surface area contributed by atoms with Crippen LogP contribution in [0.25, 0.3) is 0 Å². The molecular formula is C21H27N3O6. The van der Waals surface area contributed by atoms with Gasteiger partial charge in [-0.2, -0.15) is 0 Å². The number of likely N-dealkylation sites (N-methyl/N-ethyl adjacent to an activating group) is 1. The Kier molecular flexibility index (Phi) is 9.04. The minimum absolute atomic E-state index is 0.159. The molecule has 9 heteroatoms. The van der Waals surface area contributed by atoms with Crippen molar-refractivity contribution in [2.75, 3.05) is 26.7 Å². The molecule has 0 radical (unpaired) electrons. The zero-order valence-electron chi connectivity index (χ0n) is 16.8. The molecule has 162 valence electrons. The summed E-state index contributed by atoms with van der Waals surface area (Å²) < 4.78 is 4.82. The molecule has 9 nitrogen and oxygen atoms in total. The van der Waals surface area contributed by atoms with Crippen LogP contribution >= 0.6 is 0 Å². The zero-order valence-corrected chi connectivity index (χ0v) is 16.8. The van der Waals surface area contributed by atoms with Crippen LogP contribution in [0.3, 0.4) is 0 Å². The SMILES string of the molecule is CN(CCc1ccccc1)C(=O)[C@H](O)[C@@H](O)C(=O)NCCCNC(=O)c1ccoc1. The van der Waals surface area contributed by atoms with Crippen LogP contribution in [0.1, 0.15) is 22.3 Å². The highest BCUT2D eigenvalue weighted by molar-refractivity contribution is 5.93. The van der Waals surface area contributed by atoms with E-state index < -0.39 is 24.0 Å². The Bertz CT molecular complexity index is 809. The molecule has 1 aromatic heterocycles. The second-order valence-corrected chi connectivity index (χ2v) is 6.80. The van der Waals surface area contributed by atoms with Gasteiger partial charge in [0, 0.05) is 26.7 Å². The molecule has 0 bridgehead atoms. The third-order valence-corrected chi connectivity index (χ3v) is 4.50. The van der Waals surface area contributed by atoms with Crippen molar-refractivity contribution in [3.8, 4) is 0 Å². The van der Waals surface area contributed by atoms with Gasteiger partial charge in [0.05, 0.1) is 11.8 Å². The molecule has 2 atom stereocenters. The van der Waals surface area contributed by atoms with E-state index in [4.69, 9.17) is 4.42 Å². The fourth-order valence-corrected chi connectivity index (χ4v) is 2.66. The van der Waals surface area contributed by atoms with E-state index in [1.54, 1.807) is 0 Å². The van der Waals surface area contributed by atoms with E-state index in [0.29, 0.717) is 31.5 Å². The number of benzene rings is 1. The molecule has 1 aromatic carbocycles. The van der Waals surface area contributed by atoms with Crippen molar-refractivity contribution in [2.24, 2.45) is 0 Å². The van der Waals surface area contributed by atoms with Gasteiger partial charge in [-0.15, -0.1) is 0 Å². The van der Waals surface area contributed by atoms with Crippen LogP contribution in [0.15, 0.2) is 53.3 Å². The normalized spacial score (nSPS) is 12.6. The Morgan fingerprint density at radius 2 is 1.73 bits per heavy atom. The number of furan rings is 1. The Hall–Kier alpha value is -3.17. The van der Waals surface area contributed by atoms with Gasteiger partial charge in [0.15, 0.2) is 12.2 Å². The third-order valence-electron chi connectivity index (χ3n) is 4.50. The largest absolute Gasteiger partial charge is 0.472 e. The second-order valence-electron chi connectivity index (χ2n) is 6.80. The van der Waals surface area contributed by atoms with Gasteiger partial charge in [0.25, 0.3) is 17.7 Å². The summed E-state index contributed by atoms with van der Waals surface area (Å²) in [6.07, 6.45) is -0.0276. The lowest BCUT2D eigenvalue weighted by atomic mass is 10.1. The summed E-state index contributed by atoms with van der Waals surface area (Å²) >= 11 is 0. The highest BCUT2D eigenvalue weighted by Crippen LogP contribution is 2.04. The molecule has 1 heterocycles. The quantitative estimate of drug-likeness (QED) is 0.379. The van der Waals surface area contributed by atoms with Crippen molar-refractivity contribution in [3.63, 3.8) is 0 Å². The number of carbonyl (C=O) groups excluding carboxylic acids is 3. The van der Waals surface area contributed by atoms with Crippen LogP contribution in [0, 0.1) is 0 Å². The highest BCUT2D eigenvalue weighted by Gasteiger charge is 2.31. The van der Waals surface area contributed by atoms with E-state index >= 15 is 0 Å². The van der Waals surface area contributed by atoms with Gasteiger partial charge in [0.2, 0.25) is 0 Å². The summed E-state index contributed by atoms with van der Waals surface area (Å²) in [7, 11) is 1.50. The average Bonchev–Trinajstić information content (AvgIpc) is 3.31. The summed E-state index contributed by atoms with van der Waals surface area (Å²) in [6, 6.07) is 11.1. The first-order chi connectivity index (χ1) is 14.4. The number of nitrogens with zero attached hydrogens (tertiary/aromatic N) is 1. The molecule has 3 amide bonds. The van der Waals surface area contributed by atoms with Crippen molar-refractivity contribution in [2.45, 2.75) is 25.0 Å². The maximum atomic E-state index is 12.3. The molecule has 4 N–H and O–H groups in total. The lowest BCUT2D eigenvalue weighted by Crippen LogP contribution is -2.50. The molecule has 0 saturated heterocycles. The van der Waals surface area contributed by atoms with Crippen LogP contribution < -0.4 is 10.6 Å². The van der Waals surface area contributed by atoms with Crippen molar-refractivity contribution in [1.82, 2.24) is 15.5 Å². The Balaban J connectivity index is 1.66. The van der Waals surface area contributed by atoms with Gasteiger partial charge >= 0.3 is 0 Å². The molecule has 0 aliphatic carbocycles. The van der Waals surface area contributed by atoms with E-state index in [1.165, 1.54) is 30.5 Å². The summed E-state index contributed by atoms with van der Waals surface area (Å²) in [5, 5.41) is 25.1. The Morgan fingerprint density at radius 3 is 2.40 bits per heavy atom. The van der Waals surface area contributed by atoms with Gasteiger partial charge in [-0.05, 0) is 24.5 Å². The molecule has 0 aliphatic rings. The molecule has 0 spiro atoms. The van der Waals surface area contributed by atoms with Crippen LogP contribution in [0.5, 0.6) is 0 Å². The summed E-state index contributed by atoms with van der Waals surface area (Å²) in [5.74, 6) is -1.89. The maximum Gasteiger partial charge on any atom is 0.254 e. The number of rotatable bonds is 11. The first-order valence-corrected chi connectivity index (χ1v) is 9.63. The molecule has 0 unspecified atom stereocenters. The highest BCUT2D eigenvalue weighted by atomic mass is 16.3. The summed E-state index contributed by atoms with van der Waals surface area (Å²) in [6.45, 7) is 0.793. The lowest BCUT2D eigenvalue weighted by Gasteiger charge is -2.23. The van der Waals surface area contributed by atoms with Crippen molar-refractivity contribution < 1.29 is 29.0 Å². The fraction of sp³-hybridized carbons (Fsp3) is 0.381. The summed E-state index contributed by atoms with van der Waals surface area (Å²) in [5.41, 5.74) is 1.43. The number of nitrogens with one attached hydrogen (secondary N) is 2. The molecular weight excluding hydrogens is 390 g/mol. The molecule has 0 saturated carbocycles. The molecule has 2 rings (SSSR count). The first kappa shape index (κ1) is 23.1.